The Hall–Kier alpha value is -3.93. The highest BCUT2D eigenvalue weighted by Gasteiger charge is 2.12. The molecule has 2 amide bonds. The van der Waals surface area contributed by atoms with Gasteiger partial charge < -0.3 is 15.0 Å². The molecule has 0 atom stereocenters. The number of likely N-dealkylation sites (N-methyl/N-ethyl adjacent to an activating group) is 1. The van der Waals surface area contributed by atoms with Crippen LogP contribution in [0.15, 0.2) is 72.9 Å². The first kappa shape index (κ1) is 22.7. The number of ether oxygens (including phenoxy) is 1. The number of hydrogen-bond donors (Lipinski definition) is 1. The molecule has 0 aliphatic carbocycles. The van der Waals surface area contributed by atoms with Gasteiger partial charge in [0.2, 0.25) is 11.8 Å². The summed E-state index contributed by atoms with van der Waals surface area (Å²) in [6.45, 7) is 4.31. The number of carbonyl (C=O) groups excluding carboxylic acids is 2. The predicted octanol–water partition coefficient (Wildman–Crippen LogP) is 4.39. The summed E-state index contributed by atoms with van der Waals surface area (Å²) in [5, 5.41) is 2.87. The van der Waals surface area contributed by atoms with Gasteiger partial charge in [-0.1, -0.05) is 30.3 Å². The third-order valence-corrected chi connectivity index (χ3v) is 5.05. The van der Waals surface area contributed by atoms with Crippen molar-refractivity contribution in [2.24, 2.45) is 0 Å². The van der Waals surface area contributed by atoms with Crippen LogP contribution >= 0.6 is 0 Å². The molecule has 0 saturated carbocycles. The van der Waals surface area contributed by atoms with Gasteiger partial charge in [0.25, 0.3) is 0 Å². The quantitative estimate of drug-likeness (QED) is 0.539. The van der Waals surface area contributed by atoms with E-state index in [9.17, 15) is 9.59 Å². The molecule has 3 rings (SSSR count). The first-order valence-corrected chi connectivity index (χ1v) is 10.3. The average molecular weight is 430 g/mol. The number of aromatic nitrogens is 1. The topological polar surface area (TPSA) is 71.5 Å². The Kier molecular flexibility index (Phi) is 7.75. The van der Waals surface area contributed by atoms with Crippen molar-refractivity contribution in [1.82, 2.24) is 9.88 Å². The second kappa shape index (κ2) is 10.9. The molecule has 32 heavy (non-hydrogen) atoms. The van der Waals surface area contributed by atoms with Crippen molar-refractivity contribution >= 4 is 23.6 Å². The van der Waals surface area contributed by atoms with E-state index in [1.54, 1.807) is 19.3 Å². The molecule has 0 spiro atoms. The van der Waals surface area contributed by atoms with Crippen molar-refractivity contribution in [3.8, 4) is 5.75 Å². The van der Waals surface area contributed by atoms with Crippen molar-refractivity contribution in [1.29, 1.82) is 0 Å². The monoisotopic (exact) mass is 429 g/mol. The predicted molar refractivity (Wildman–Crippen MR) is 126 cm³/mol. The van der Waals surface area contributed by atoms with E-state index in [0.29, 0.717) is 6.61 Å². The number of benzene rings is 2. The zero-order valence-corrected chi connectivity index (χ0v) is 18.5. The van der Waals surface area contributed by atoms with Crippen molar-refractivity contribution < 1.29 is 14.3 Å². The van der Waals surface area contributed by atoms with E-state index in [1.807, 2.05) is 74.5 Å². The normalized spacial score (nSPS) is 10.7. The van der Waals surface area contributed by atoms with E-state index in [-0.39, 0.29) is 18.4 Å². The fourth-order valence-corrected chi connectivity index (χ4v) is 2.98. The molecule has 6 nitrogen and oxygen atoms in total. The van der Waals surface area contributed by atoms with E-state index in [2.05, 4.69) is 10.3 Å². The van der Waals surface area contributed by atoms with Crippen molar-refractivity contribution in [2.45, 2.75) is 20.5 Å². The lowest BCUT2D eigenvalue weighted by Gasteiger charge is -2.16. The Morgan fingerprint density at radius 1 is 1.03 bits per heavy atom. The second-order valence-corrected chi connectivity index (χ2v) is 7.50. The van der Waals surface area contributed by atoms with E-state index < -0.39 is 0 Å². The number of rotatable bonds is 8. The molecule has 0 aliphatic rings. The van der Waals surface area contributed by atoms with E-state index >= 15 is 0 Å². The standard InChI is InChI=1S/C26H27N3O3/c1-19-7-6-9-24(20(19)2)28-25(30)17-29(3)26(31)15-12-21-10-13-23(14-11-21)32-18-22-8-4-5-16-27-22/h4-16H,17-18H2,1-3H3,(H,28,30). The average Bonchev–Trinajstić information content (AvgIpc) is 2.80. The molecule has 0 radical (unpaired) electrons. The highest BCUT2D eigenvalue weighted by atomic mass is 16.5. The number of carbonyl (C=O) groups is 2. The third kappa shape index (κ3) is 6.54. The van der Waals surface area contributed by atoms with Crippen LogP contribution in [0.5, 0.6) is 5.75 Å². The number of aryl methyl sites for hydroxylation is 1. The summed E-state index contributed by atoms with van der Waals surface area (Å²) < 4.78 is 5.71. The molecular weight excluding hydrogens is 402 g/mol. The first-order valence-electron chi connectivity index (χ1n) is 10.3. The zero-order chi connectivity index (χ0) is 22.9. The minimum atomic E-state index is -0.253. The van der Waals surface area contributed by atoms with Gasteiger partial charge in [-0.25, -0.2) is 0 Å². The Morgan fingerprint density at radius 3 is 2.53 bits per heavy atom. The smallest absolute Gasteiger partial charge is 0.246 e. The summed E-state index contributed by atoms with van der Waals surface area (Å²) in [6, 6.07) is 18.8. The fourth-order valence-electron chi connectivity index (χ4n) is 2.98. The lowest BCUT2D eigenvalue weighted by atomic mass is 10.1. The highest BCUT2D eigenvalue weighted by molar-refractivity contribution is 5.98. The molecule has 164 valence electrons. The number of nitrogens with one attached hydrogen (secondary N) is 1. The number of pyridine rings is 1. The Morgan fingerprint density at radius 2 is 1.81 bits per heavy atom. The first-order chi connectivity index (χ1) is 15.4. The van der Waals surface area contributed by atoms with Gasteiger partial charge in [-0.2, -0.15) is 0 Å². The number of anilines is 1. The highest BCUT2D eigenvalue weighted by Crippen LogP contribution is 2.18. The minimum absolute atomic E-state index is 0.0309. The largest absolute Gasteiger partial charge is 0.487 e. The molecule has 0 unspecified atom stereocenters. The van der Waals surface area contributed by atoms with Crippen LogP contribution in [0.25, 0.3) is 6.08 Å². The Balaban J connectivity index is 1.49. The molecule has 0 aliphatic heterocycles. The maximum Gasteiger partial charge on any atom is 0.246 e. The molecule has 3 aromatic rings. The van der Waals surface area contributed by atoms with Crippen LogP contribution in [-0.2, 0) is 16.2 Å². The molecule has 0 saturated heterocycles. The molecule has 0 bridgehead atoms. The number of nitrogens with zero attached hydrogens (tertiary/aromatic N) is 2. The van der Waals surface area contributed by atoms with E-state index in [0.717, 1.165) is 33.8 Å². The molecule has 0 fully saturated rings. The molecular formula is C26H27N3O3. The molecule has 1 heterocycles. The maximum atomic E-state index is 12.4. The Labute approximate surface area is 188 Å². The molecule has 1 N–H and O–H groups in total. The van der Waals surface area contributed by atoms with Crippen molar-refractivity contribution in [3.63, 3.8) is 0 Å². The van der Waals surface area contributed by atoms with Crippen LogP contribution in [0.2, 0.25) is 0 Å². The number of hydrogen-bond acceptors (Lipinski definition) is 4. The third-order valence-electron chi connectivity index (χ3n) is 5.05. The van der Waals surface area contributed by atoms with Gasteiger partial charge in [-0.3, -0.25) is 14.6 Å². The van der Waals surface area contributed by atoms with Crippen LogP contribution in [0.3, 0.4) is 0 Å². The molecule has 2 aromatic carbocycles. The fraction of sp³-hybridized carbons (Fsp3) is 0.192. The summed E-state index contributed by atoms with van der Waals surface area (Å²) in [7, 11) is 1.60. The lowest BCUT2D eigenvalue weighted by molar-refractivity contribution is -0.129. The maximum absolute atomic E-state index is 12.4. The Bertz CT molecular complexity index is 1090. The summed E-state index contributed by atoms with van der Waals surface area (Å²) >= 11 is 0. The van der Waals surface area contributed by atoms with Crippen molar-refractivity contribution in [3.05, 3.63) is 95.3 Å². The van der Waals surface area contributed by atoms with Gasteiger partial charge in [-0.05, 0) is 66.9 Å². The van der Waals surface area contributed by atoms with Gasteiger partial charge in [0.05, 0.1) is 12.2 Å². The van der Waals surface area contributed by atoms with Gasteiger partial charge in [0.1, 0.15) is 12.4 Å². The van der Waals surface area contributed by atoms with Crippen LogP contribution in [0, 0.1) is 13.8 Å². The summed E-state index contributed by atoms with van der Waals surface area (Å²) in [5.74, 6) is 0.230. The molecule has 6 heteroatoms. The molecule has 1 aromatic heterocycles. The minimum Gasteiger partial charge on any atom is -0.487 e. The summed E-state index contributed by atoms with van der Waals surface area (Å²) in [4.78, 5) is 30.3. The van der Waals surface area contributed by atoms with Gasteiger partial charge in [0.15, 0.2) is 0 Å². The van der Waals surface area contributed by atoms with Crippen molar-refractivity contribution in [2.75, 3.05) is 18.9 Å². The summed E-state index contributed by atoms with van der Waals surface area (Å²) in [5.41, 5.74) is 4.59. The lowest BCUT2D eigenvalue weighted by Crippen LogP contribution is -2.34. The second-order valence-electron chi connectivity index (χ2n) is 7.50. The SMILES string of the molecule is Cc1cccc(NC(=O)CN(C)C(=O)C=Cc2ccc(OCc3ccccn3)cc2)c1C. The van der Waals surface area contributed by atoms with Gasteiger partial charge >= 0.3 is 0 Å². The zero-order valence-electron chi connectivity index (χ0n) is 18.5. The van der Waals surface area contributed by atoms with Crippen LogP contribution in [-0.4, -0.2) is 35.3 Å². The van der Waals surface area contributed by atoms with Gasteiger partial charge in [0, 0.05) is 25.0 Å². The van der Waals surface area contributed by atoms with Crippen LogP contribution < -0.4 is 10.1 Å². The summed E-state index contributed by atoms with van der Waals surface area (Å²) in [6.07, 6.45) is 4.90. The van der Waals surface area contributed by atoms with E-state index in [4.69, 9.17) is 4.74 Å². The van der Waals surface area contributed by atoms with Crippen LogP contribution in [0.1, 0.15) is 22.4 Å². The van der Waals surface area contributed by atoms with Gasteiger partial charge in [-0.15, -0.1) is 0 Å². The van der Waals surface area contributed by atoms with E-state index in [1.165, 1.54) is 11.0 Å². The van der Waals surface area contributed by atoms with Crippen LogP contribution in [0.4, 0.5) is 5.69 Å². The number of amides is 2.